The van der Waals surface area contributed by atoms with Gasteiger partial charge in [0.05, 0.1) is 6.20 Å². The van der Waals surface area contributed by atoms with Crippen LogP contribution >= 0.6 is 0 Å². The van der Waals surface area contributed by atoms with Crippen molar-refractivity contribution in [2.24, 2.45) is 5.92 Å². The van der Waals surface area contributed by atoms with E-state index in [4.69, 9.17) is 0 Å². The topological polar surface area (TPSA) is 59.4 Å². The van der Waals surface area contributed by atoms with E-state index in [9.17, 15) is 13.6 Å². The molecule has 0 fully saturated rings. The van der Waals surface area contributed by atoms with Crippen LogP contribution in [0, 0.1) is 5.92 Å². The highest BCUT2D eigenvalue weighted by Crippen LogP contribution is 2.31. The molecular formula is C17H18F2N4O2. The van der Waals surface area contributed by atoms with Crippen molar-refractivity contribution in [3.05, 3.63) is 49.2 Å². The van der Waals surface area contributed by atoms with Gasteiger partial charge in [-0.2, -0.15) is 13.9 Å². The first kappa shape index (κ1) is 16.9. The molecule has 1 aromatic heterocycles. The maximum Gasteiger partial charge on any atom is 0.387 e. The van der Waals surface area contributed by atoms with E-state index in [2.05, 4.69) is 21.7 Å². The van der Waals surface area contributed by atoms with E-state index in [1.807, 2.05) is 15.6 Å². The molecule has 0 aliphatic carbocycles. The summed E-state index contributed by atoms with van der Waals surface area (Å²) in [5.41, 5.74) is 0.836. The third-order valence-corrected chi connectivity index (χ3v) is 3.97. The van der Waals surface area contributed by atoms with Crippen LogP contribution in [0.15, 0.2) is 49.2 Å². The highest BCUT2D eigenvalue weighted by Gasteiger charge is 2.26. The van der Waals surface area contributed by atoms with Gasteiger partial charge in [-0.25, -0.2) is 4.68 Å². The lowest BCUT2D eigenvalue weighted by Gasteiger charge is -2.34. The van der Waals surface area contributed by atoms with Crippen molar-refractivity contribution < 1.29 is 18.3 Å². The second-order valence-corrected chi connectivity index (χ2v) is 5.67. The van der Waals surface area contributed by atoms with Gasteiger partial charge in [0.1, 0.15) is 11.6 Å². The third-order valence-electron chi connectivity index (χ3n) is 3.97. The van der Waals surface area contributed by atoms with E-state index in [1.165, 1.54) is 18.2 Å². The van der Waals surface area contributed by atoms with E-state index in [-0.39, 0.29) is 17.6 Å². The Labute approximate surface area is 143 Å². The average molecular weight is 348 g/mol. The van der Waals surface area contributed by atoms with Gasteiger partial charge >= 0.3 is 6.61 Å². The Balaban J connectivity index is 1.77. The standard InChI is InChI=1S/C17H18F2N4O2/c1-2-15(24)20-9-12-10-22(16-7-8-21-23(16)11-12)13-3-5-14(6-4-13)25-17(18)19/h2-8,12,17H,1,9-11H2,(H,20,24). The molecule has 0 saturated heterocycles. The number of halogens is 2. The monoisotopic (exact) mass is 348 g/mol. The zero-order valence-corrected chi connectivity index (χ0v) is 13.4. The number of alkyl halides is 2. The Morgan fingerprint density at radius 2 is 2.12 bits per heavy atom. The number of fused-ring (bicyclic) bond motifs is 1. The normalized spacial score (nSPS) is 16.4. The minimum Gasteiger partial charge on any atom is -0.435 e. The van der Waals surface area contributed by atoms with Crippen molar-refractivity contribution in [2.75, 3.05) is 18.0 Å². The van der Waals surface area contributed by atoms with E-state index in [1.54, 1.807) is 18.3 Å². The van der Waals surface area contributed by atoms with Crippen LogP contribution in [0.3, 0.4) is 0 Å². The molecule has 132 valence electrons. The van der Waals surface area contributed by atoms with E-state index in [0.29, 0.717) is 19.6 Å². The fraction of sp³-hybridized carbons (Fsp3) is 0.294. The average Bonchev–Trinajstić information content (AvgIpc) is 3.07. The Morgan fingerprint density at radius 3 is 2.80 bits per heavy atom. The van der Waals surface area contributed by atoms with Gasteiger partial charge < -0.3 is 15.0 Å². The number of hydrogen-bond acceptors (Lipinski definition) is 4. The summed E-state index contributed by atoms with van der Waals surface area (Å²) < 4.78 is 30.8. The number of benzene rings is 1. The van der Waals surface area contributed by atoms with Gasteiger partial charge in [-0.1, -0.05) is 6.58 Å². The molecule has 25 heavy (non-hydrogen) atoms. The second-order valence-electron chi connectivity index (χ2n) is 5.67. The highest BCUT2D eigenvalue weighted by atomic mass is 19.3. The van der Waals surface area contributed by atoms with Crippen molar-refractivity contribution in [1.82, 2.24) is 15.1 Å². The van der Waals surface area contributed by atoms with Crippen molar-refractivity contribution >= 4 is 17.4 Å². The van der Waals surface area contributed by atoms with Gasteiger partial charge in [-0.05, 0) is 30.3 Å². The van der Waals surface area contributed by atoms with Crippen LogP contribution in [-0.2, 0) is 11.3 Å². The minimum absolute atomic E-state index is 0.110. The van der Waals surface area contributed by atoms with E-state index >= 15 is 0 Å². The van der Waals surface area contributed by atoms with Gasteiger partial charge in [-0.3, -0.25) is 4.79 Å². The minimum atomic E-state index is -2.85. The quantitative estimate of drug-likeness (QED) is 0.815. The summed E-state index contributed by atoms with van der Waals surface area (Å²) in [5.74, 6) is 0.951. The summed E-state index contributed by atoms with van der Waals surface area (Å²) in [6.07, 6.45) is 2.95. The van der Waals surface area contributed by atoms with Crippen molar-refractivity contribution in [2.45, 2.75) is 13.2 Å². The maximum atomic E-state index is 12.3. The first-order chi connectivity index (χ1) is 12.1. The molecule has 1 unspecified atom stereocenters. The number of rotatable bonds is 6. The Hall–Kier alpha value is -2.90. The number of nitrogens with one attached hydrogen (secondary N) is 1. The summed E-state index contributed by atoms with van der Waals surface area (Å²) in [6, 6.07) is 8.35. The molecule has 1 amide bonds. The molecule has 0 bridgehead atoms. The lowest BCUT2D eigenvalue weighted by molar-refractivity contribution is -0.116. The van der Waals surface area contributed by atoms with Gasteiger partial charge in [0.15, 0.2) is 0 Å². The van der Waals surface area contributed by atoms with Gasteiger partial charge in [0, 0.05) is 37.3 Å². The van der Waals surface area contributed by atoms with Gasteiger partial charge in [0.25, 0.3) is 0 Å². The number of ether oxygens (including phenoxy) is 1. The summed E-state index contributed by atoms with van der Waals surface area (Å²) in [7, 11) is 0. The van der Waals surface area contributed by atoms with E-state index in [0.717, 1.165) is 11.5 Å². The smallest absolute Gasteiger partial charge is 0.387 e. The van der Waals surface area contributed by atoms with Gasteiger partial charge in [-0.15, -0.1) is 0 Å². The number of amides is 1. The number of carbonyl (C=O) groups excluding carboxylic acids is 1. The Kier molecular flexibility index (Phi) is 4.97. The first-order valence-electron chi connectivity index (χ1n) is 7.81. The molecule has 1 aliphatic heterocycles. The summed E-state index contributed by atoms with van der Waals surface area (Å²) in [6.45, 7) is 2.43. The molecule has 1 aromatic carbocycles. The molecule has 1 N–H and O–H groups in total. The van der Waals surface area contributed by atoms with E-state index < -0.39 is 6.61 Å². The van der Waals surface area contributed by atoms with Crippen molar-refractivity contribution in [3.63, 3.8) is 0 Å². The molecule has 1 aliphatic rings. The van der Waals surface area contributed by atoms with Crippen LogP contribution in [0.2, 0.25) is 0 Å². The van der Waals surface area contributed by atoms with Crippen LogP contribution < -0.4 is 15.0 Å². The highest BCUT2D eigenvalue weighted by molar-refractivity contribution is 5.86. The van der Waals surface area contributed by atoms with Gasteiger partial charge in [0.2, 0.25) is 5.91 Å². The van der Waals surface area contributed by atoms with Crippen molar-refractivity contribution in [1.29, 1.82) is 0 Å². The number of anilines is 2. The molecule has 0 saturated carbocycles. The molecule has 6 nitrogen and oxygen atoms in total. The van der Waals surface area contributed by atoms with Crippen LogP contribution in [0.25, 0.3) is 0 Å². The molecule has 0 radical (unpaired) electrons. The summed E-state index contributed by atoms with van der Waals surface area (Å²) in [4.78, 5) is 13.4. The SMILES string of the molecule is C=CC(=O)NCC1CN(c2ccc(OC(F)F)cc2)c2ccnn2C1. The zero-order valence-electron chi connectivity index (χ0n) is 13.4. The van der Waals surface area contributed by atoms with Crippen molar-refractivity contribution in [3.8, 4) is 5.75 Å². The second kappa shape index (κ2) is 7.33. The first-order valence-corrected chi connectivity index (χ1v) is 7.81. The summed E-state index contributed by atoms with van der Waals surface area (Å²) >= 11 is 0. The summed E-state index contributed by atoms with van der Waals surface area (Å²) in [5, 5.41) is 7.10. The molecule has 2 heterocycles. The predicted octanol–water partition coefficient (Wildman–Crippen LogP) is 2.55. The van der Waals surface area contributed by atoms with Crippen LogP contribution in [0.1, 0.15) is 0 Å². The molecule has 8 heteroatoms. The molecular weight excluding hydrogens is 330 g/mol. The molecule has 1 atom stereocenters. The van der Waals surface area contributed by atoms with Crippen LogP contribution in [0.5, 0.6) is 5.75 Å². The van der Waals surface area contributed by atoms with Crippen LogP contribution in [-0.4, -0.2) is 35.4 Å². The maximum absolute atomic E-state index is 12.3. The fourth-order valence-electron chi connectivity index (χ4n) is 2.84. The number of aromatic nitrogens is 2. The fourth-order valence-corrected chi connectivity index (χ4v) is 2.84. The third kappa shape index (κ3) is 3.96. The Morgan fingerprint density at radius 1 is 1.36 bits per heavy atom. The number of carbonyl (C=O) groups is 1. The number of nitrogens with zero attached hydrogens (tertiary/aromatic N) is 3. The van der Waals surface area contributed by atoms with Crippen LogP contribution in [0.4, 0.5) is 20.3 Å². The molecule has 3 rings (SSSR count). The predicted molar refractivity (Wildman–Crippen MR) is 89.0 cm³/mol. The Bertz CT molecular complexity index is 745. The lowest BCUT2D eigenvalue weighted by Crippen LogP contribution is -2.41. The number of hydrogen-bond donors (Lipinski definition) is 1. The zero-order chi connectivity index (χ0) is 17.8. The molecule has 2 aromatic rings. The lowest BCUT2D eigenvalue weighted by atomic mass is 10.1. The largest absolute Gasteiger partial charge is 0.435 e. The molecule has 0 spiro atoms.